The summed E-state index contributed by atoms with van der Waals surface area (Å²) in [7, 11) is 0. The van der Waals surface area contributed by atoms with E-state index in [1.165, 1.54) is 11.8 Å². The van der Waals surface area contributed by atoms with Gasteiger partial charge in [-0.05, 0) is 41.1 Å². The van der Waals surface area contributed by atoms with Gasteiger partial charge in [0, 0.05) is 27.3 Å². The molecule has 0 aliphatic heterocycles. The monoisotopic (exact) mass is 352 g/mol. The van der Waals surface area contributed by atoms with Crippen LogP contribution in [0, 0.1) is 0 Å². The zero-order valence-electron chi connectivity index (χ0n) is 12.7. The van der Waals surface area contributed by atoms with Gasteiger partial charge in [-0.15, -0.1) is 0 Å². The second-order valence-electron chi connectivity index (χ2n) is 5.53. The smallest absolute Gasteiger partial charge is 0.198 e. The normalized spacial score (nSPS) is 11.2. The summed E-state index contributed by atoms with van der Waals surface area (Å²) in [4.78, 5) is 13.3. The zero-order chi connectivity index (χ0) is 16.5. The Bertz CT molecular complexity index is 1030. The van der Waals surface area contributed by atoms with Crippen molar-refractivity contribution in [2.24, 2.45) is 0 Å². The molecular weight excluding hydrogens is 340 g/mol. The number of hydrogen-bond acceptors (Lipinski definition) is 3. The Kier molecular flexibility index (Phi) is 4.05. The van der Waals surface area contributed by atoms with Crippen LogP contribution in [0.1, 0.15) is 5.56 Å². The highest BCUT2D eigenvalue weighted by atomic mass is 35.5. The molecule has 0 fully saturated rings. The second kappa shape index (κ2) is 6.34. The fourth-order valence-corrected chi connectivity index (χ4v) is 3.72. The molecule has 0 unspecified atom stereocenters. The maximum atomic E-state index is 12.4. The summed E-state index contributed by atoms with van der Waals surface area (Å²) in [5.41, 5.74) is 1.74. The number of carbonyl (C=O) groups excluding carboxylic acids is 1. The van der Waals surface area contributed by atoms with E-state index in [-0.39, 0.29) is 5.12 Å². The van der Waals surface area contributed by atoms with Crippen LogP contribution >= 0.6 is 23.4 Å². The summed E-state index contributed by atoms with van der Waals surface area (Å²) in [6, 6.07) is 19.4. The average molecular weight is 353 g/mol. The van der Waals surface area contributed by atoms with Crippen LogP contribution in [0.4, 0.5) is 0 Å². The van der Waals surface area contributed by atoms with Gasteiger partial charge < -0.3 is 4.42 Å². The van der Waals surface area contributed by atoms with Gasteiger partial charge in [0.15, 0.2) is 5.12 Å². The first-order valence-corrected chi connectivity index (χ1v) is 8.74. The van der Waals surface area contributed by atoms with E-state index in [9.17, 15) is 4.79 Å². The quantitative estimate of drug-likeness (QED) is 0.417. The van der Waals surface area contributed by atoms with Crippen molar-refractivity contribution < 1.29 is 9.21 Å². The van der Waals surface area contributed by atoms with E-state index >= 15 is 0 Å². The van der Waals surface area contributed by atoms with Crippen LogP contribution in [-0.2, 0) is 11.2 Å². The van der Waals surface area contributed by atoms with E-state index in [0.717, 1.165) is 32.2 Å². The molecule has 118 valence electrons. The molecule has 0 spiro atoms. The van der Waals surface area contributed by atoms with Gasteiger partial charge in [0.05, 0.1) is 6.26 Å². The van der Waals surface area contributed by atoms with Crippen molar-refractivity contribution in [2.45, 2.75) is 11.3 Å². The third-order valence-corrected chi connectivity index (χ3v) is 5.05. The van der Waals surface area contributed by atoms with E-state index in [2.05, 4.69) is 12.1 Å². The SMILES string of the molecule is O=C(Cc1coc2ccc3ccccc3c12)Sc1ccc(Cl)cc1. The van der Waals surface area contributed by atoms with Gasteiger partial charge in [0.2, 0.25) is 0 Å². The minimum absolute atomic E-state index is 0.0768. The van der Waals surface area contributed by atoms with Crippen molar-refractivity contribution in [3.63, 3.8) is 0 Å². The molecule has 0 aliphatic rings. The summed E-state index contributed by atoms with van der Waals surface area (Å²) in [6.07, 6.45) is 2.02. The molecule has 0 radical (unpaired) electrons. The molecule has 4 heteroatoms. The third-order valence-electron chi connectivity index (χ3n) is 3.92. The molecule has 1 aromatic heterocycles. The Morgan fingerprint density at radius 3 is 2.62 bits per heavy atom. The fraction of sp³-hybridized carbons (Fsp3) is 0.0500. The Morgan fingerprint density at radius 2 is 1.79 bits per heavy atom. The van der Waals surface area contributed by atoms with E-state index in [1.54, 1.807) is 18.4 Å². The number of fused-ring (bicyclic) bond motifs is 3. The van der Waals surface area contributed by atoms with E-state index < -0.39 is 0 Å². The Hall–Kier alpha value is -2.23. The largest absolute Gasteiger partial charge is 0.464 e. The third kappa shape index (κ3) is 2.93. The van der Waals surface area contributed by atoms with Gasteiger partial charge in [-0.2, -0.15) is 0 Å². The maximum absolute atomic E-state index is 12.4. The van der Waals surface area contributed by atoms with Gasteiger partial charge in [0.25, 0.3) is 0 Å². The lowest BCUT2D eigenvalue weighted by Crippen LogP contribution is -1.96. The highest BCUT2D eigenvalue weighted by molar-refractivity contribution is 8.13. The molecule has 0 saturated carbocycles. The lowest BCUT2D eigenvalue weighted by atomic mass is 10.0. The summed E-state index contributed by atoms with van der Waals surface area (Å²) in [6.45, 7) is 0. The fourth-order valence-electron chi connectivity index (χ4n) is 2.83. The lowest BCUT2D eigenvalue weighted by molar-refractivity contribution is -0.110. The molecule has 3 aromatic carbocycles. The predicted molar refractivity (Wildman–Crippen MR) is 99.7 cm³/mol. The molecule has 4 aromatic rings. The highest BCUT2D eigenvalue weighted by Crippen LogP contribution is 2.31. The second-order valence-corrected chi connectivity index (χ2v) is 7.09. The lowest BCUT2D eigenvalue weighted by Gasteiger charge is -2.03. The molecule has 1 heterocycles. The number of hydrogen-bond donors (Lipinski definition) is 0. The molecular formula is C20H13ClO2S. The van der Waals surface area contributed by atoms with Crippen LogP contribution in [0.3, 0.4) is 0 Å². The van der Waals surface area contributed by atoms with Gasteiger partial charge in [0.1, 0.15) is 5.58 Å². The van der Waals surface area contributed by atoms with Crippen LogP contribution in [-0.4, -0.2) is 5.12 Å². The van der Waals surface area contributed by atoms with Crippen LogP contribution in [0.2, 0.25) is 5.02 Å². The van der Waals surface area contributed by atoms with Crippen molar-refractivity contribution in [3.05, 3.63) is 77.5 Å². The van der Waals surface area contributed by atoms with Crippen molar-refractivity contribution in [1.29, 1.82) is 0 Å². The maximum Gasteiger partial charge on any atom is 0.198 e. The number of furan rings is 1. The Morgan fingerprint density at radius 1 is 1.00 bits per heavy atom. The van der Waals surface area contributed by atoms with Gasteiger partial charge in [-0.3, -0.25) is 4.79 Å². The van der Waals surface area contributed by atoms with Crippen molar-refractivity contribution in [2.75, 3.05) is 0 Å². The van der Waals surface area contributed by atoms with Gasteiger partial charge >= 0.3 is 0 Å². The topological polar surface area (TPSA) is 30.2 Å². The summed E-state index contributed by atoms with van der Waals surface area (Å²) in [5.74, 6) is 0. The van der Waals surface area contributed by atoms with Crippen LogP contribution < -0.4 is 0 Å². The minimum Gasteiger partial charge on any atom is -0.464 e. The number of halogens is 1. The molecule has 0 atom stereocenters. The number of thioether (sulfide) groups is 1. The van der Waals surface area contributed by atoms with E-state index in [1.807, 2.05) is 36.4 Å². The molecule has 0 saturated heterocycles. The number of carbonyl (C=O) groups is 1. The number of benzene rings is 3. The highest BCUT2D eigenvalue weighted by Gasteiger charge is 2.14. The standard InChI is InChI=1S/C20H13ClO2S/c21-15-6-8-16(9-7-15)24-19(22)11-14-12-23-18-10-5-13-3-1-2-4-17(13)20(14)18/h1-10,12H,11H2. The molecule has 0 N–H and O–H groups in total. The Labute approximate surface area is 148 Å². The van der Waals surface area contributed by atoms with E-state index in [4.69, 9.17) is 16.0 Å². The average Bonchev–Trinajstić information content (AvgIpc) is 3.00. The van der Waals surface area contributed by atoms with Crippen molar-refractivity contribution in [3.8, 4) is 0 Å². The summed E-state index contributed by atoms with van der Waals surface area (Å²) >= 11 is 7.10. The predicted octanol–water partition coefficient (Wildman–Crippen LogP) is 6.10. The van der Waals surface area contributed by atoms with Crippen molar-refractivity contribution in [1.82, 2.24) is 0 Å². The first-order valence-electron chi connectivity index (χ1n) is 7.55. The summed E-state index contributed by atoms with van der Waals surface area (Å²) in [5, 5.41) is 4.03. The molecule has 0 aliphatic carbocycles. The van der Waals surface area contributed by atoms with Crippen molar-refractivity contribution >= 4 is 50.2 Å². The molecule has 0 amide bonds. The Balaban J connectivity index is 1.65. The number of rotatable bonds is 3. The van der Waals surface area contributed by atoms with Gasteiger partial charge in [-0.25, -0.2) is 0 Å². The van der Waals surface area contributed by atoms with Crippen LogP contribution in [0.15, 0.2) is 76.2 Å². The minimum atomic E-state index is 0.0768. The molecule has 0 bridgehead atoms. The first-order chi connectivity index (χ1) is 11.7. The van der Waals surface area contributed by atoms with Crippen LogP contribution in [0.25, 0.3) is 21.7 Å². The first kappa shape index (κ1) is 15.3. The molecule has 2 nitrogen and oxygen atoms in total. The van der Waals surface area contributed by atoms with Crippen LogP contribution in [0.5, 0.6) is 0 Å². The molecule has 24 heavy (non-hydrogen) atoms. The summed E-state index contributed by atoms with van der Waals surface area (Å²) < 4.78 is 5.65. The molecule has 4 rings (SSSR count). The zero-order valence-corrected chi connectivity index (χ0v) is 14.2. The van der Waals surface area contributed by atoms with E-state index in [0.29, 0.717) is 11.4 Å². The van der Waals surface area contributed by atoms with Gasteiger partial charge in [-0.1, -0.05) is 53.7 Å².